The molecule has 0 spiro atoms. The van der Waals surface area contributed by atoms with Gasteiger partial charge in [0.15, 0.2) is 5.82 Å². The number of nitrogens with one attached hydrogen (secondary N) is 2. The summed E-state index contributed by atoms with van der Waals surface area (Å²) in [7, 11) is -3.78. The highest BCUT2D eigenvalue weighted by Crippen LogP contribution is 2.34. The Labute approximate surface area is 120 Å². The van der Waals surface area contributed by atoms with Crippen LogP contribution in [-0.4, -0.2) is 35.6 Å². The van der Waals surface area contributed by atoms with Gasteiger partial charge in [0, 0.05) is 5.69 Å². The summed E-state index contributed by atoms with van der Waals surface area (Å²) in [6.45, 7) is 0.423. The second kappa shape index (κ2) is 5.30. The smallest absolute Gasteiger partial charge is 0.244 e. The van der Waals surface area contributed by atoms with Crippen LogP contribution in [0.3, 0.4) is 0 Å². The number of rotatable bonds is 4. The number of nitrogens with two attached hydrogens (primary N) is 1. The summed E-state index contributed by atoms with van der Waals surface area (Å²) in [6.07, 6.45) is 1.58. The lowest BCUT2D eigenvalue weighted by molar-refractivity contribution is 0.280. The number of fused-ring (bicyclic) bond motifs is 1. The lowest BCUT2D eigenvalue weighted by Gasteiger charge is -2.21. The molecule has 0 unspecified atom stereocenters. The van der Waals surface area contributed by atoms with E-state index in [0.29, 0.717) is 18.0 Å². The molecule has 0 bridgehead atoms. The van der Waals surface area contributed by atoms with Crippen molar-refractivity contribution in [1.29, 1.82) is 0 Å². The SMILES string of the molecule is Nc1cc2c(c(S(=O)(=O)NCc3nn[nH]n3)c1)OCCC2. The van der Waals surface area contributed by atoms with E-state index < -0.39 is 10.0 Å². The van der Waals surface area contributed by atoms with E-state index in [4.69, 9.17) is 10.5 Å². The Hall–Kier alpha value is -2.20. The normalized spacial score (nSPS) is 14.5. The van der Waals surface area contributed by atoms with Crippen molar-refractivity contribution in [3.8, 4) is 5.75 Å². The van der Waals surface area contributed by atoms with Crippen molar-refractivity contribution in [1.82, 2.24) is 25.3 Å². The summed E-state index contributed by atoms with van der Waals surface area (Å²) in [5, 5.41) is 13.0. The zero-order valence-electron chi connectivity index (χ0n) is 11.0. The standard InChI is InChI=1S/C11H14N6O3S/c12-8-4-7-2-1-3-20-11(7)9(5-8)21(18,19)13-6-10-14-16-17-15-10/h4-5,13H,1-3,6,12H2,(H,14,15,16,17). The van der Waals surface area contributed by atoms with Crippen molar-refractivity contribution >= 4 is 15.7 Å². The predicted molar refractivity (Wildman–Crippen MR) is 72.9 cm³/mol. The maximum Gasteiger partial charge on any atom is 0.244 e. The summed E-state index contributed by atoms with van der Waals surface area (Å²) in [5.74, 6) is 0.619. The fourth-order valence-corrected chi connectivity index (χ4v) is 3.36. The number of nitrogens with zero attached hydrogens (tertiary/aromatic N) is 3. The first-order valence-electron chi connectivity index (χ1n) is 6.33. The summed E-state index contributed by atoms with van der Waals surface area (Å²) in [6, 6.07) is 3.13. The molecule has 0 atom stereocenters. The van der Waals surface area contributed by atoms with E-state index in [1.807, 2.05) is 0 Å². The number of H-pyrrole nitrogens is 1. The number of tetrazole rings is 1. The minimum absolute atomic E-state index is 0.0423. The van der Waals surface area contributed by atoms with Crippen LogP contribution in [0.15, 0.2) is 17.0 Å². The number of aryl methyl sites for hydroxylation is 1. The van der Waals surface area contributed by atoms with E-state index >= 15 is 0 Å². The Morgan fingerprint density at radius 1 is 1.43 bits per heavy atom. The van der Waals surface area contributed by atoms with Crippen LogP contribution in [0.4, 0.5) is 5.69 Å². The molecular weight excluding hydrogens is 296 g/mol. The number of benzene rings is 1. The summed E-state index contributed by atoms with van der Waals surface area (Å²) in [4.78, 5) is 0.0423. The summed E-state index contributed by atoms with van der Waals surface area (Å²) >= 11 is 0. The molecule has 0 radical (unpaired) electrons. The molecule has 9 nitrogen and oxygen atoms in total. The molecule has 1 aromatic heterocycles. The Balaban J connectivity index is 1.93. The second-order valence-corrected chi connectivity index (χ2v) is 6.35. The lowest BCUT2D eigenvalue weighted by Crippen LogP contribution is -2.25. The number of hydrogen-bond donors (Lipinski definition) is 3. The molecule has 2 aromatic rings. The van der Waals surface area contributed by atoms with Gasteiger partial charge in [0.25, 0.3) is 0 Å². The number of aromatic nitrogens is 4. The molecule has 0 fully saturated rings. The van der Waals surface area contributed by atoms with E-state index in [0.717, 1.165) is 18.4 Å². The van der Waals surface area contributed by atoms with Gasteiger partial charge in [0.05, 0.1) is 13.2 Å². The minimum atomic E-state index is -3.78. The first kappa shape index (κ1) is 13.8. The number of ether oxygens (including phenoxy) is 1. The largest absolute Gasteiger partial charge is 0.492 e. The average Bonchev–Trinajstić information content (AvgIpc) is 2.97. The Morgan fingerprint density at radius 3 is 3.05 bits per heavy atom. The van der Waals surface area contributed by atoms with Gasteiger partial charge in [0.2, 0.25) is 10.0 Å². The van der Waals surface area contributed by atoms with Gasteiger partial charge in [-0.25, -0.2) is 13.1 Å². The molecule has 0 saturated carbocycles. The molecule has 1 aliphatic rings. The van der Waals surface area contributed by atoms with Gasteiger partial charge < -0.3 is 10.5 Å². The number of anilines is 1. The predicted octanol–water partition coefficient (Wildman–Crippen LogP) is -0.415. The fraction of sp³-hybridized carbons (Fsp3) is 0.364. The van der Waals surface area contributed by atoms with Gasteiger partial charge in [-0.15, -0.1) is 10.2 Å². The van der Waals surface area contributed by atoms with Crippen LogP contribution in [0.1, 0.15) is 17.8 Å². The van der Waals surface area contributed by atoms with Crippen molar-refractivity contribution in [3.63, 3.8) is 0 Å². The summed E-state index contributed by atoms with van der Waals surface area (Å²) in [5.41, 5.74) is 6.98. The number of sulfonamides is 1. The van der Waals surface area contributed by atoms with E-state index in [1.165, 1.54) is 6.07 Å². The molecule has 10 heteroatoms. The molecule has 3 rings (SSSR count). The van der Waals surface area contributed by atoms with Crippen molar-refractivity contribution in [2.45, 2.75) is 24.3 Å². The fourth-order valence-electron chi connectivity index (χ4n) is 2.16. The zero-order chi connectivity index (χ0) is 14.9. The quantitative estimate of drug-likeness (QED) is 0.653. The van der Waals surface area contributed by atoms with Crippen LogP contribution < -0.4 is 15.2 Å². The lowest BCUT2D eigenvalue weighted by atomic mass is 10.1. The maximum absolute atomic E-state index is 12.4. The van der Waals surface area contributed by atoms with Crippen LogP contribution in [0.5, 0.6) is 5.75 Å². The minimum Gasteiger partial charge on any atom is -0.492 e. The Bertz CT molecular complexity index is 744. The highest BCUT2D eigenvalue weighted by molar-refractivity contribution is 7.89. The monoisotopic (exact) mass is 310 g/mol. The van der Waals surface area contributed by atoms with Gasteiger partial charge in [-0.2, -0.15) is 5.21 Å². The Morgan fingerprint density at radius 2 is 2.29 bits per heavy atom. The Kier molecular flexibility index (Phi) is 3.47. The van der Waals surface area contributed by atoms with Crippen LogP contribution in [0.2, 0.25) is 0 Å². The van der Waals surface area contributed by atoms with Crippen molar-refractivity contribution in [2.24, 2.45) is 0 Å². The molecule has 0 aliphatic carbocycles. The number of nitrogen functional groups attached to an aromatic ring is 1. The van der Waals surface area contributed by atoms with Gasteiger partial charge in [-0.3, -0.25) is 0 Å². The molecule has 2 heterocycles. The van der Waals surface area contributed by atoms with Crippen LogP contribution in [-0.2, 0) is 23.0 Å². The third-order valence-electron chi connectivity index (χ3n) is 3.09. The van der Waals surface area contributed by atoms with Gasteiger partial charge in [-0.05, 0) is 30.5 Å². The van der Waals surface area contributed by atoms with Crippen LogP contribution in [0.25, 0.3) is 0 Å². The molecule has 1 aliphatic heterocycles. The van der Waals surface area contributed by atoms with E-state index in [-0.39, 0.29) is 17.3 Å². The number of aromatic amines is 1. The van der Waals surface area contributed by atoms with Gasteiger partial charge in [-0.1, -0.05) is 5.21 Å². The molecule has 112 valence electrons. The molecular formula is C11H14N6O3S. The third-order valence-corrected chi connectivity index (χ3v) is 4.50. The molecule has 0 amide bonds. The van der Waals surface area contributed by atoms with E-state index in [9.17, 15) is 8.42 Å². The van der Waals surface area contributed by atoms with Crippen LogP contribution in [0, 0.1) is 0 Å². The number of hydrogen-bond acceptors (Lipinski definition) is 7. The maximum atomic E-state index is 12.4. The third kappa shape index (κ3) is 2.81. The molecule has 0 saturated heterocycles. The average molecular weight is 310 g/mol. The zero-order valence-corrected chi connectivity index (χ0v) is 11.9. The van der Waals surface area contributed by atoms with E-state index in [2.05, 4.69) is 25.3 Å². The summed E-state index contributed by atoms with van der Waals surface area (Å²) < 4.78 is 32.8. The van der Waals surface area contributed by atoms with E-state index in [1.54, 1.807) is 6.07 Å². The van der Waals surface area contributed by atoms with Gasteiger partial charge >= 0.3 is 0 Å². The molecule has 1 aromatic carbocycles. The highest BCUT2D eigenvalue weighted by Gasteiger charge is 2.25. The van der Waals surface area contributed by atoms with Crippen molar-refractivity contribution in [2.75, 3.05) is 12.3 Å². The molecule has 4 N–H and O–H groups in total. The van der Waals surface area contributed by atoms with Gasteiger partial charge in [0.1, 0.15) is 10.6 Å². The first-order valence-corrected chi connectivity index (χ1v) is 7.82. The highest BCUT2D eigenvalue weighted by atomic mass is 32.2. The molecule has 21 heavy (non-hydrogen) atoms. The van der Waals surface area contributed by atoms with Crippen molar-refractivity contribution in [3.05, 3.63) is 23.5 Å². The second-order valence-electron chi connectivity index (χ2n) is 4.61. The topological polar surface area (TPSA) is 136 Å². The first-order chi connectivity index (χ1) is 10.1. The van der Waals surface area contributed by atoms with Crippen molar-refractivity contribution < 1.29 is 13.2 Å². The van der Waals surface area contributed by atoms with Crippen LogP contribution >= 0.6 is 0 Å².